The fourth-order valence-electron chi connectivity index (χ4n) is 2.18. The van der Waals surface area contributed by atoms with Gasteiger partial charge in [0, 0.05) is 10.6 Å². The molecular weight excluding hydrogens is 378 g/mol. The second-order valence-electron chi connectivity index (χ2n) is 5.47. The molecule has 0 aliphatic carbocycles. The van der Waals surface area contributed by atoms with Gasteiger partial charge in [0.25, 0.3) is 0 Å². The van der Waals surface area contributed by atoms with Crippen molar-refractivity contribution in [3.8, 4) is 0 Å². The molecule has 0 aromatic heterocycles. The van der Waals surface area contributed by atoms with Crippen molar-refractivity contribution >= 4 is 27.5 Å². The third kappa shape index (κ3) is 4.00. The standard InChI is InChI=1S/C18H16ClNO5S/c1-11-2-6-13(7-3-11)16-15(21)17(18(20)24-16)25-26(22,23)10-12-4-8-14(19)9-5-12/h2-9,16H,10,20H2,1H3/t16-/m0/s1/i10D2,16D. The fraction of sp³-hybridized carbons (Fsp3) is 0.167. The summed E-state index contributed by atoms with van der Waals surface area (Å²) in [6.07, 6.45) is -2.34. The first-order valence-electron chi connectivity index (χ1n) is 8.89. The first kappa shape index (κ1) is 14.6. The molecule has 2 N–H and O–H groups in total. The molecule has 2 aromatic carbocycles. The first-order valence-corrected chi connectivity index (χ1v) is 9.18. The van der Waals surface area contributed by atoms with Crippen molar-refractivity contribution in [2.75, 3.05) is 0 Å². The highest BCUT2D eigenvalue weighted by atomic mass is 35.5. The maximum absolute atomic E-state index is 12.7. The lowest BCUT2D eigenvalue weighted by atomic mass is 10.0. The minimum atomic E-state index is -5.05. The number of carbonyl (C=O) groups excluding carboxylic acids is 1. The highest BCUT2D eigenvalue weighted by Crippen LogP contribution is 2.32. The van der Waals surface area contributed by atoms with Crippen LogP contribution in [0.3, 0.4) is 0 Å². The highest BCUT2D eigenvalue weighted by Gasteiger charge is 2.39. The molecule has 136 valence electrons. The third-order valence-corrected chi connectivity index (χ3v) is 4.57. The predicted octanol–water partition coefficient (Wildman–Crippen LogP) is 2.96. The topological polar surface area (TPSA) is 95.7 Å². The van der Waals surface area contributed by atoms with Crippen LogP contribution in [0, 0.1) is 6.92 Å². The Morgan fingerprint density at radius 3 is 2.46 bits per heavy atom. The number of halogens is 1. The van der Waals surface area contributed by atoms with Crippen LogP contribution in [0.2, 0.25) is 5.02 Å². The summed E-state index contributed by atoms with van der Waals surface area (Å²) in [5, 5.41) is 0.284. The number of hydrogen-bond acceptors (Lipinski definition) is 6. The zero-order valence-corrected chi connectivity index (χ0v) is 15.1. The third-order valence-electron chi connectivity index (χ3n) is 3.44. The van der Waals surface area contributed by atoms with E-state index in [0.29, 0.717) is 0 Å². The van der Waals surface area contributed by atoms with Gasteiger partial charge < -0.3 is 14.7 Å². The Bertz CT molecular complexity index is 1100. The van der Waals surface area contributed by atoms with E-state index in [1.54, 1.807) is 12.1 Å². The quantitative estimate of drug-likeness (QED) is 0.780. The molecular formula is C18H16ClNO5S. The normalized spacial score (nSPS) is 22.4. The van der Waals surface area contributed by atoms with Crippen LogP contribution in [0.25, 0.3) is 0 Å². The Hall–Kier alpha value is -2.51. The van der Waals surface area contributed by atoms with Crippen molar-refractivity contribution in [3.05, 3.63) is 81.9 Å². The van der Waals surface area contributed by atoms with Crippen LogP contribution in [-0.4, -0.2) is 14.2 Å². The van der Waals surface area contributed by atoms with Gasteiger partial charge in [-0.15, -0.1) is 0 Å². The molecule has 0 saturated carbocycles. The predicted molar refractivity (Wildman–Crippen MR) is 96.4 cm³/mol. The molecule has 0 saturated heterocycles. The summed E-state index contributed by atoms with van der Waals surface area (Å²) in [5.41, 5.74) is 3.31. The van der Waals surface area contributed by atoms with Gasteiger partial charge in [0.05, 0.1) is 4.11 Å². The largest absolute Gasteiger partial charge is 0.460 e. The van der Waals surface area contributed by atoms with E-state index < -0.39 is 39.3 Å². The summed E-state index contributed by atoms with van der Waals surface area (Å²) >= 11 is 5.74. The maximum atomic E-state index is 12.7. The number of benzene rings is 2. The average molecular weight is 397 g/mol. The van der Waals surface area contributed by atoms with Crippen molar-refractivity contribution in [1.82, 2.24) is 0 Å². The molecule has 0 unspecified atom stereocenters. The molecule has 1 atom stereocenters. The number of carbonyl (C=O) groups is 1. The van der Waals surface area contributed by atoms with Gasteiger partial charge in [-0.1, -0.05) is 53.6 Å². The Balaban J connectivity index is 1.92. The second kappa shape index (κ2) is 7.01. The molecule has 26 heavy (non-hydrogen) atoms. The average Bonchev–Trinajstić information content (AvgIpc) is 2.86. The van der Waals surface area contributed by atoms with Gasteiger partial charge in [0.2, 0.25) is 17.4 Å². The van der Waals surface area contributed by atoms with E-state index in [-0.39, 0.29) is 16.1 Å². The second-order valence-corrected chi connectivity index (χ2v) is 7.18. The van der Waals surface area contributed by atoms with Crippen LogP contribution in [0.5, 0.6) is 0 Å². The zero-order chi connectivity index (χ0) is 21.6. The maximum Gasteiger partial charge on any atom is 0.313 e. The molecule has 1 aliphatic heterocycles. The molecule has 0 bridgehead atoms. The van der Waals surface area contributed by atoms with Gasteiger partial charge in [-0.05, 0) is 24.6 Å². The van der Waals surface area contributed by atoms with Crippen molar-refractivity contribution in [2.45, 2.75) is 18.7 Å². The summed E-state index contributed by atoms with van der Waals surface area (Å²) in [6, 6.07) is 11.2. The molecule has 3 rings (SSSR count). The van der Waals surface area contributed by atoms with Crippen molar-refractivity contribution in [3.63, 3.8) is 0 Å². The van der Waals surface area contributed by atoms with E-state index in [4.69, 9.17) is 30.4 Å². The number of nitrogens with two attached hydrogens (primary N) is 1. The zero-order valence-electron chi connectivity index (χ0n) is 16.5. The van der Waals surface area contributed by atoms with Crippen LogP contribution in [0.1, 0.15) is 26.9 Å². The summed E-state index contributed by atoms with van der Waals surface area (Å²) in [4.78, 5) is 12.7. The summed E-state index contributed by atoms with van der Waals surface area (Å²) in [7, 11) is -5.05. The lowest BCUT2D eigenvalue weighted by Crippen LogP contribution is -2.16. The number of aryl methyl sites for hydroxylation is 1. The first-order chi connectivity index (χ1) is 13.4. The summed E-state index contributed by atoms with van der Waals surface area (Å²) in [5.74, 6) is -2.83. The van der Waals surface area contributed by atoms with Crippen LogP contribution in [-0.2, 0) is 29.5 Å². The minimum absolute atomic E-state index is 0.118. The lowest BCUT2D eigenvalue weighted by Gasteiger charge is -2.10. The Labute approximate surface area is 160 Å². The number of ether oxygens (including phenoxy) is 1. The Morgan fingerprint density at radius 2 is 1.85 bits per heavy atom. The monoisotopic (exact) mass is 396 g/mol. The Kier molecular flexibility index (Phi) is 3.95. The van der Waals surface area contributed by atoms with Crippen LogP contribution in [0.4, 0.5) is 0 Å². The van der Waals surface area contributed by atoms with Gasteiger partial charge in [-0.3, -0.25) is 4.79 Å². The van der Waals surface area contributed by atoms with Gasteiger partial charge >= 0.3 is 10.1 Å². The molecule has 0 amide bonds. The van der Waals surface area contributed by atoms with Crippen molar-refractivity contribution in [2.24, 2.45) is 5.73 Å². The van der Waals surface area contributed by atoms with E-state index in [9.17, 15) is 13.2 Å². The Morgan fingerprint density at radius 1 is 1.23 bits per heavy atom. The molecule has 1 heterocycles. The minimum Gasteiger partial charge on any atom is -0.460 e. The van der Waals surface area contributed by atoms with E-state index >= 15 is 0 Å². The van der Waals surface area contributed by atoms with Crippen molar-refractivity contribution in [1.29, 1.82) is 0 Å². The number of rotatable bonds is 5. The van der Waals surface area contributed by atoms with E-state index in [1.165, 1.54) is 36.4 Å². The molecule has 1 aliphatic rings. The molecule has 8 heteroatoms. The smallest absolute Gasteiger partial charge is 0.313 e. The van der Waals surface area contributed by atoms with Crippen LogP contribution >= 0.6 is 11.6 Å². The van der Waals surface area contributed by atoms with Crippen LogP contribution < -0.4 is 5.73 Å². The number of hydrogen-bond donors (Lipinski definition) is 1. The summed E-state index contributed by atoms with van der Waals surface area (Å²) in [6.45, 7) is 1.81. The SMILES string of the molecule is [2H]C([2H])(c1ccc(Cl)cc1)S(=O)(=O)OC1=C(N)O[C@@]([2H])(c2ccc(C)cc2)C1=O. The van der Waals surface area contributed by atoms with Gasteiger partial charge in [0.1, 0.15) is 5.70 Å². The van der Waals surface area contributed by atoms with Gasteiger partial charge in [-0.25, -0.2) is 0 Å². The highest BCUT2D eigenvalue weighted by molar-refractivity contribution is 7.86. The lowest BCUT2D eigenvalue weighted by molar-refractivity contribution is -0.123. The molecule has 0 fully saturated rings. The number of Topliss-reactive ketones (excluding diaryl/α,β-unsaturated/α-hetero) is 1. The fourth-order valence-corrected chi connectivity index (χ4v) is 3.15. The molecule has 0 spiro atoms. The van der Waals surface area contributed by atoms with Gasteiger partial charge in [-0.2, -0.15) is 8.42 Å². The number of ketones is 1. The van der Waals surface area contributed by atoms with Crippen LogP contribution in [0.15, 0.2) is 60.2 Å². The van der Waals surface area contributed by atoms with E-state index in [2.05, 4.69) is 0 Å². The van der Waals surface area contributed by atoms with Crippen molar-refractivity contribution < 1.29 is 26.2 Å². The molecule has 0 radical (unpaired) electrons. The van der Waals surface area contributed by atoms with Gasteiger partial charge in [0.15, 0.2) is 6.08 Å². The molecule has 6 nitrogen and oxygen atoms in total. The van der Waals surface area contributed by atoms with E-state index in [0.717, 1.165) is 5.56 Å². The summed E-state index contributed by atoms with van der Waals surface area (Å²) < 4.78 is 59.3. The van der Waals surface area contributed by atoms with E-state index in [1.807, 2.05) is 6.92 Å². The molecule has 2 aromatic rings.